The molecule has 1 aliphatic heterocycles. The number of aliphatic hydroxyl groups excluding tert-OH is 1. The number of ether oxygens (including phenoxy) is 2. The SMILES string of the molecule is CCOc1ccc(CCC[C@@H](C(=O)N2CCC(Oc3ccc(C(F)(F)F)cc3)CC2)[C@H](O)C(=O)NO)cc1. The van der Waals surface area contributed by atoms with E-state index in [0.717, 1.165) is 23.4 Å². The highest BCUT2D eigenvalue weighted by molar-refractivity contribution is 5.88. The van der Waals surface area contributed by atoms with Crippen LogP contribution in [-0.4, -0.2) is 58.9 Å². The van der Waals surface area contributed by atoms with Crippen molar-refractivity contribution in [2.45, 2.75) is 57.4 Å². The van der Waals surface area contributed by atoms with Crippen LogP contribution in [-0.2, 0) is 22.2 Å². The topological polar surface area (TPSA) is 108 Å². The Balaban J connectivity index is 1.55. The minimum Gasteiger partial charge on any atom is -0.494 e. The van der Waals surface area contributed by atoms with Crippen molar-refractivity contribution in [1.29, 1.82) is 0 Å². The predicted molar refractivity (Wildman–Crippen MR) is 132 cm³/mol. The van der Waals surface area contributed by atoms with Gasteiger partial charge in [0.05, 0.1) is 18.1 Å². The summed E-state index contributed by atoms with van der Waals surface area (Å²) in [5, 5.41) is 19.4. The number of aryl methyl sites for hydroxylation is 1. The summed E-state index contributed by atoms with van der Waals surface area (Å²) in [6, 6.07) is 12.0. The van der Waals surface area contributed by atoms with Gasteiger partial charge in [-0.2, -0.15) is 13.2 Å². The molecule has 1 saturated heterocycles. The molecule has 0 aromatic heterocycles. The number of hydrogen-bond donors (Lipinski definition) is 3. The fraction of sp³-hybridized carbons (Fsp3) is 0.481. The number of benzene rings is 2. The lowest BCUT2D eigenvalue weighted by atomic mass is 9.91. The largest absolute Gasteiger partial charge is 0.494 e. The molecule has 38 heavy (non-hydrogen) atoms. The zero-order chi connectivity index (χ0) is 27.7. The molecule has 0 radical (unpaired) electrons. The summed E-state index contributed by atoms with van der Waals surface area (Å²) in [4.78, 5) is 26.7. The van der Waals surface area contributed by atoms with Crippen molar-refractivity contribution in [1.82, 2.24) is 10.4 Å². The molecule has 1 fully saturated rings. The maximum absolute atomic E-state index is 13.3. The summed E-state index contributed by atoms with van der Waals surface area (Å²) in [5.74, 6) is -1.43. The molecule has 0 spiro atoms. The van der Waals surface area contributed by atoms with E-state index in [0.29, 0.717) is 51.1 Å². The molecule has 0 aliphatic carbocycles. The third-order valence-corrected chi connectivity index (χ3v) is 6.53. The van der Waals surface area contributed by atoms with Crippen LogP contribution in [0.25, 0.3) is 0 Å². The van der Waals surface area contributed by atoms with E-state index >= 15 is 0 Å². The number of rotatable bonds is 11. The van der Waals surface area contributed by atoms with Gasteiger partial charge in [0.1, 0.15) is 23.7 Å². The highest BCUT2D eigenvalue weighted by atomic mass is 19.4. The Hall–Kier alpha value is -3.31. The van der Waals surface area contributed by atoms with Crippen LogP contribution in [0, 0.1) is 5.92 Å². The summed E-state index contributed by atoms with van der Waals surface area (Å²) in [5.41, 5.74) is 1.67. The second-order valence-corrected chi connectivity index (χ2v) is 9.16. The first kappa shape index (κ1) is 29.2. The molecule has 2 amide bonds. The van der Waals surface area contributed by atoms with Gasteiger partial charge < -0.3 is 19.5 Å². The number of likely N-dealkylation sites (tertiary alicyclic amines) is 1. The normalized spacial score (nSPS) is 16.0. The minimum absolute atomic E-state index is 0.225. The number of nitrogens with one attached hydrogen (secondary N) is 1. The Labute approximate surface area is 219 Å². The van der Waals surface area contributed by atoms with Crippen molar-refractivity contribution >= 4 is 11.8 Å². The molecule has 0 saturated carbocycles. The zero-order valence-electron chi connectivity index (χ0n) is 21.1. The van der Waals surface area contributed by atoms with E-state index in [9.17, 15) is 27.9 Å². The molecule has 3 N–H and O–H groups in total. The smallest absolute Gasteiger partial charge is 0.416 e. The van der Waals surface area contributed by atoms with Crippen LogP contribution in [0.15, 0.2) is 48.5 Å². The third-order valence-electron chi connectivity index (χ3n) is 6.53. The number of halogens is 3. The summed E-state index contributed by atoms with van der Waals surface area (Å²) in [6.45, 7) is 3.06. The van der Waals surface area contributed by atoms with Crippen LogP contribution >= 0.6 is 0 Å². The summed E-state index contributed by atoms with van der Waals surface area (Å²) in [7, 11) is 0. The molecular weight excluding hydrogens is 505 g/mol. The maximum Gasteiger partial charge on any atom is 0.416 e. The van der Waals surface area contributed by atoms with Crippen LogP contribution in [0.3, 0.4) is 0 Å². The predicted octanol–water partition coefficient (Wildman–Crippen LogP) is 3.98. The van der Waals surface area contributed by atoms with Crippen molar-refractivity contribution in [2.75, 3.05) is 19.7 Å². The van der Waals surface area contributed by atoms with Crippen LogP contribution in [0.2, 0.25) is 0 Å². The van der Waals surface area contributed by atoms with Crippen LogP contribution in [0.4, 0.5) is 13.2 Å². The Kier molecular flexibility index (Phi) is 10.4. The molecule has 1 heterocycles. The van der Waals surface area contributed by atoms with E-state index < -0.39 is 35.6 Å². The number of nitrogens with zero attached hydrogens (tertiary/aromatic N) is 1. The molecule has 8 nitrogen and oxygen atoms in total. The second kappa shape index (κ2) is 13.5. The van der Waals surface area contributed by atoms with Gasteiger partial charge >= 0.3 is 6.18 Å². The summed E-state index contributed by atoms with van der Waals surface area (Å²) < 4.78 is 49.5. The first-order chi connectivity index (χ1) is 18.1. The fourth-order valence-corrected chi connectivity index (χ4v) is 4.45. The van der Waals surface area contributed by atoms with Crippen LogP contribution < -0.4 is 15.0 Å². The van der Waals surface area contributed by atoms with Crippen molar-refractivity contribution < 1.29 is 42.5 Å². The van der Waals surface area contributed by atoms with Gasteiger partial charge in [0.15, 0.2) is 0 Å². The quantitative estimate of drug-likeness (QED) is 0.295. The van der Waals surface area contributed by atoms with Gasteiger partial charge in [-0.25, -0.2) is 5.48 Å². The number of carbonyl (C=O) groups is 2. The van der Waals surface area contributed by atoms with E-state index in [1.807, 2.05) is 31.2 Å². The first-order valence-electron chi connectivity index (χ1n) is 12.6. The Morgan fingerprint density at radius 3 is 2.21 bits per heavy atom. The monoisotopic (exact) mass is 538 g/mol. The van der Waals surface area contributed by atoms with E-state index in [1.165, 1.54) is 17.6 Å². The first-order valence-corrected chi connectivity index (χ1v) is 12.6. The van der Waals surface area contributed by atoms with Gasteiger partial charge in [0.25, 0.3) is 5.91 Å². The van der Waals surface area contributed by atoms with Gasteiger partial charge in [-0.3, -0.25) is 14.8 Å². The van der Waals surface area contributed by atoms with Crippen LogP contribution in [0.5, 0.6) is 11.5 Å². The number of alkyl halides is 3. The van der Waals surface area contributed by atoms with Gasteiger partial charge in [-0.15, -0.1) is 0 Å². The number of piperidine rings is 1. The number of aliphatic hydroxyl groups is 1. The molecule has 2 aromatic rings. The molecule has 2 atom stereocenters. The number of hydrogen-bond acceptors (Lipinski definition) is 6. The second-order valence-electron chi connectivity index (χ2n) is 9.16. The maximum atomic E-state index is 13.3. The van der Waals surface area contributed by atoms with Gasteiger partial charge in [0, 0.05) is 25.9 Å². The molecule has 0 unspecified atom stereocenters. The molecule has 1 aliphatic rings. The number of carbonyl (C=O) groups excluding carboxylic acids is 2. The fourth-order valence-electron chi connectivity index (χ4n) is 4.45. The Bertz CT molecular complexity index is 1040. The van der Waals surface area contributed by atoms with E-state index in [1.54, 1.807) is 4.90 Å². The van der Waals surface area contributed by atoms with Crippen molar-refractivity contribution in [3.05, 3.63) is 59.7 Å². The summed E-state index contributed by atoms with van der Waals surface area (Å²) in [6.07, 6.45) is -4.19. The number of hydroxylamine groups is 1. The Morgan fingerprint density at radius 1 is 1.05 bits per heavy atom. The molecular formula is C27H33F3N2O6. The Morgan fingerprint density at radius 2 is 1.66 bits per heavy atom. The standard InChI is InChI=1S/C27H33F3N2O6/c1-2-37-20-10-6-18(7-11-20)4-3-5-23(24(33)25(34)31-36)26(35)32-16-14-22(15-17-32)38-21-12-8-19(9-13-21)27(28,29)30/h6-13,22-24,33,36H,2-5,14-17H2,1H3,(H,31,34)/t23-,24+/m1/s1. The third kappa shape index (κ3) is 8.09. The lowest BCUT2D eigenvalue weighted by Gasteiger charge is -2.35. The minimum atomic E-state index is -4.42. The highest BCUT2D eigenvalue weighted by Crippen LogP contribution is 2.31. The van der Waals surface area contributed by atoms with Gasteiger partial charge in [-0.1, -0.05) is 12.1 Å². The van der Waals surface area contributed by atoms with Crippen LogP contribution in [0.1, 0.15) is 43.7 Å². The highest BCUT2D eigenvalue weighted by Gasteiger charge is 2.36. The molecule has 3 rings (SSSR count). The van der Waals surface area contributed by atoms with Crippen molar-refractivity contribution in [3.8, 4) is 11.5 Å². The average Bonchev–Trinajstić information content (AvgIpc) is 2.91. The molecule has 0 bridgehead atoms. The molecule has 2 aromatic carbocycles. The molecule has 11 heteroatoms. The lowest BCUT2D eigenvalue weighted by Crippen LogP contribution is -2.49. The van der Waals surface area contributed by atoms with E-state index in [2.05, 4.69) is 0 Å². The average molecular weight is 539 g/mol. The lowest BCUT2D eigenvalue weighted by molar-refractivity contribution is -0.151. The van der Waals surface area contributed by atoms with Gasteiger partial charge in [-0.05, 0) is 68.1 Å². The summed E-state index contributed by atoms with van der Waals surface area (Å²) >= 11 is 0. The van der Waals surface area contributed by atoms with E-state index in [4.69, 9.17) is 14.7 Å². The zero-order valence-corrected chi connectivity index (χ0v) is 21.1. The number of amides is 2. The van der Waals surface area contributed by atoms with Gasteiger partial charge in [0.2, 0.25) is 5.91 Å². The van der Waals surface area contributed by atoms with Crippen molar-refractivity contribution in [3.63, 3.8) is 0 Å². The molecule has 208 valence electrons. The van der Waals surface area contributed by atoms with Crippen molar-refractivity contribution in [2.24, 2.45) is 5.92 Å². The van der Waals surface area contributed by atoms with E-state index in [-0.39, 0.29) is 12.5 Å².